The van der Waals surface area contributed by atoms with Crippen molar-refractivity contribution in [1.29, 1.82) is 0 Å². The maximum atomic E-state index is 9.99. The van der Waals surface area contributed by atoms with E-state index >= 15 is 0 Å². The molecule has 2 aromatic rings. The van der Waals surface area contributed by atoms with Gasteiger partial charge in [0, 0.05) is 29.6 Å². The number of hydrogen-bond acceptors (Lipinski definition) is 1. The van der Waals surface area contributed by atoms with Crippen molar-refractivity contribution in [2.45, 2.75) is 6.10 Å². The smallest absolute Gasteiger partial charge is 0.104 e. The van der Waals surface area contributed by atoms with Crippen molar-refractivity contribution < 1.29 is 5.11 Å². The molecule has 0 saturated heterocycles. The zero-order chi connectivity index (χ0) is 9.80. The molecule has 1 N–H and O–H groups in total. The largest absolute Gasteiger partial charge is 0.384 e. The van der Waals surface area contributed by atoms with Gasteiger partial charge in [0.05, 0.1) is 0 Å². The Kier molecular flexibility index (Phi) is 5.06. The molecule has 2 rings (SSSR count). The van der Waals surface area contributed by atoms with Crippen molar-refractivity contribution in [3.05, 3.63) is 71.8 Å². The topological polar surface area (TPSA) is 20.2 Å². The molecule has 0 heterocycles. The Bertz CT molecular complexity index is 346. The Labute approximate surface area is 112 Å². The molecule has 0 saturated carbocycles. The second-order valence-electron chi connectivity index (χ2n) is 3.22. The Balaban J connectivity index is 0.00000112. The monoisotopic (exact) mass is 207 g/mol. The first-order valence-corrected chi connectivity index (χ1v) is 4.66. The van der Waals surface area contributed by atoms with Crippen LogP contribution in [0.3, 0.4) is 0 Å². The van der Waals surface area contributed by atoms with Crippen LogP contribution in [-0.2, 0) is 0 Å². The summed E-state index contributed by atoms with van der Waals surface area (Å²) in [5.41, 5.74) is 1.86. The Morgan fingerprint density at radius 2 is 1.00 bits per heavy atom. The summed E-state index contributed by atoms with van der Waals surface area (Å²) in [6, 6.07) is 19.3. The van der Waals surface area contributed by atoms with Crippen molar-refractivity contribution in [2.75, 3.05) is 0 Å². The second kappa shape index (κ2) is 6.09. The fourth-order valence-corrected chi connectivity index (χ4v) is 1.46. The van der Waals surface area contributed by atoms with Gasteiger partial charge in [0.25, 0.3) is 0 Å². The van der Waals surface area contributed by atoms with Gasteiger partial charge in [-0.25, -0.2) is 0 Å². The summed E-state index contributed by atoms with van der Waals surface area (Å²) in [4.78, 5) is 0. The van der Waals surface area contributed by atoms with Gasteiger partial charge >= 0.3 is 0 Å². The quantitative estimate of drug-likeness (QED) is 0.750. The number of hydrogen-bond donors (Lipinski definition) is 1. The van der Waals surface area contributed by atoms with Crippen LogP contribution in [0, 0.1) is 0 Å². The summed E-state index contributed by atoms with van der Waals surface area (Å²) < 4.78 is 0. The summed E-state index contributed by atoms with van der Waals surface area (Å²) in [7, 11) is 0. The van der Waals surface area contributed by atoms with Gasteiger partial charge in [-0.3, -0.25) is 0 Å². The molecule has 15 heavy (non-hydrogen) atoms. The van der Waals surface area contributed by atoms with Gasteiger partial charge in [-0.05, 0) is 11.1 Å². The molecule has 2 aromatic carbocycles. The predicted octanol–water partition coefficient (Wildman–Crippen LogP) is 2.39. The van der Waals surface area contributed by atoms with Gasteiger partial charge in [-0.15, -0.1) is 0 Å². The number of aliphatic hydroxyl groups excluding tert-OH is 1. The van der Waals surface area contributed by atoms with E-state index in [-0.39, 0.29) is 29.6 Å². The molecule has 0 aliphatic heterocycles. The summed E-state index contributed by atoms with van der Waals surface area (Å²) in [6.07, 6.45) is -0.516. The molecule has 2 heteroatoms. The van der Waals surface area contributed by atoms with E-state index in [1.807, 2.05) is 60.7 Å². The predicted molar refractivity (Wildman–Crippen MR) is 62.7 cm³/mol. The molecule has 1 radical (unpaired) electrons. The molecule has 71 valence electrons. The van der Waals surface area contributed by atoms with E-state index in [0.29, 0.717) is 0 Å². The Morgan fingerprint density at radius 3 is 1.33 bits per heavy atom. The molecule has 0 spiro atoms. The maximum absolute atomic E-state index is 9.99. The van der Waals surface area contributed by atoms with Gasteiger partial charge in [-0.2, -0.15) is 0 Å². The molecular weight excluding hydrogens is 195 g/mol. The van der Waals surface area contributed by atoms with Gasteiger partial charge in [0.2, 0.25) is 0 Å². The summed E-state index contributed by atoms with van der Waals surface area (Å²) in [5.74, 6) is 0. The first kappa shape index (κ1) is 12.5. The number of aliphatic hydroxyl groups is 1. The van der Waals surface area contributed by atoms with Crippen LogP contribution in [0.1, 0.15) is 17.2 Å². The summed E-state index contributed by atoms with van der Waals surface area (Å²) in [5, 5.41) is 9.99. The van der Waals surface area contributed by atoms with Crippen molar-refractivity contribution in [1.82, 2.24) is 0 Å². The van der Waals surface area contributed by atoms with Crippen LogP contribution >= 0.6 is 0 Å². The number of rotatable bonds is 2. The molecule has 0 aliphatic carbocycles. The Hall–Kier alpha value is -0.600. The third-order valence-corrected chi connectivity index (χ3v) is 2.23. The van der Waals surface area contributed by atoms with Crippen molar-refractivity contribution >= 4 is 29.6 Å². The molecule has 0 amide bonds. The van der Waals surface area contributed by atoms with Gasteiger partial charge in [0.1, 0.15) is 6.10 Å². The zero-order valence-electron chi connectivity index (χ0n) is 8.80. The molecule has 0 aromatic heterocycles. The van der Waals surface area contributed by atoms with Gasteiger partial charge in [0.15, 0.2) is 0 Å². The third-order valence-electron chi connectivity index (χ3n) is 2.23. The average molecular weight is 207 g/mol. The molecule has 0 bridgehead atoms. The third kappa shape index (κ3) is 3.18. The zero-order valence-corrected chi connectivity index (χ0v) is 10.8. The van der Waals surface area contributed by atoms with E-state index < -0.39 is 6.10 Å². The minimum atomic E-state index is -0.516. The molecule has 0 atom stereocenters. The van der Waals surface area contributed by atoms with Crippen LogP contribution in [0.25, 0.3) is 0 Å². The fraction of sp³-hybridized carbons (Fsp3) is 0.0769. The van der Waals surface area contributed by atoms with E-state index in [1.54, 1.807) is 0 Å². The van der Waals surface area contributed by atoms with E-state index in [0.717, 1.165) is 11.1 Å². The van der Waals surface area contributed by atoms with E-state index in [1.165, 1.54) is 0 Å². The van der Waals surface area contributed by atoms with Crippen LogP contribution in [0.5, 0.6) is 0 Å². The van der Waals surface area contributed by atoms with E-state index in [2.05, 4.69) is 0 Å². The van der Waals surface area contributed by atoms with E-state index in [9.17, 15) is 5.11 Å². The summed E-state index contributed by atoms with van der Waals surface area (Å²) >= 11 is 0. The second-order valence-corrected chi connectivity index (χ2v) is 3.22. The van der Waals surface area contributed by atoms with Gasteiger partial charge in [-0.1, -0.05) is 60.7 Å². The molecule has 1 nitrogen and oxygen atoms in total. The first-order chi connectivity index (χ1) is 6.88. The van der Waals surface area contributed by atoms with Crippen molar-refractivity contribution in [3.63, 3.8) is 0 Å². The molecule has 0 unspecified atom stereocenters. The normalized spacial score (nSPS) is 9.73. The molecule has 0 aliphatic rings. The van der Waals surface area contributed by atoms with Crippen LogP contribution in [0.4, 0.5) is 0 Å². The van der Waals surface area contributed by atoms with Crippen LogP contribution < -0.4 is 0 Å². The standard InChI is InChI=1S/C13H12O.Na/c14-13(11-7-3-1-4-8-11)12-9-5-2-6-10-12;/h1-10,13-14H;. The fourth-order valence-electron chi connectivity index (χ4n) is 1.46. The Morgan fingerprint density at radius 1 is 0.667 bits per heavy atom. The first-order valence-electron chi connectivity index (χ1n) is 4.66. The van der Waals surface area contributed by atoms with Crippen LogP contribution in [0.2, 0.25) is 0 Å². The van der Waals surface area contributed by atoms with Crippen molar-refractivity contribution in [2.24, 2.45) is 0 Å². The minimum absolute atomic E-state index is 0. The summed E-state index contributed by atoms with van der Waals surface area (Å²) in [6.45, 7) is 0. The maximum Gasteiger partial charge on any atom is 0.104 e. The average Bonchev–Trinajstić information content (AvgIpc) is 2.30. The number of benzene rings is 2. The van der Waals surface area contributed by atoms with Crippen LogP contribution in [-0.4, -0.2) is 34.7 Å². The SMILES string of the molecule is OC(c1ccccc1)c1ccccc1.[Na]. The van der Waals surface area contributed by atoms with Gasteiger partial charge < -0.3 is 5.11 Å². The minimum Gasteiger partial charge on any atom is -0.384 e. The molecule has 0 fully saturated rings. The molecular formula is C13H12NaO. The van der Waals surface area contributed by atoms with Crippen molar-refractivity contribution in [3.8, 4) is 0 Å². The van der Waals surface area contributed by atoms with Crippen LogP contribution in [0.15, 0.2) is 60.7 Å². The van der Waals surface area contributed by atoms with E-state index in [4.69, 9.17) is 0 Å².